The van der Waals surface area contributed by atoms with Crippen LogP contribution in [0.25, 0.3) is 0 Å². The summed E-state index contributed by atoms with van der Waals surface area (Å²) in [6.45, 7) is 1.17. The number of rotatable bonds is 8. The average Bonchev–Trinajstić information content (AvgIpc) is 2.80. The summed E-state index contributed by atoms with van der Waals surface area (Å²) in [7, 11) is 6.42. The van der Waals surface area contributed by atoms with E-state index in [1.54, 1.807) is 28.4 Å². The maximum absolute atomic E-state index is 11.8. The fourth-order valence-corrected chi connectivity index (χ4v) is 4.75. The second-order valence-corrected chi connectivity index (χ2v) is 8.23. The number of ether oxygens (including phenoxy) is 4. The average molecular weight is 494 g/mol. The molecule has 1 N–H and O–H groups in total. The molecule has 168 valence electrons. The number of carboxylic acid groups (broad SMARTS) is 1. The standard InChI is InChI=1S/C23H28BrNO6/c1-28-17-8-5-9-18(29-2)21(17)22(25-10-6-7-14(13-25)23(26)27)15-11-19(30-3)20(31-4)12-16(15)24/h5,8-9,11-12,14,22H,6-7,10,13H2,1-4H3,(H,26,27). The van der Waals surface area contributed by atoms with Gasteiger partial charge in [0.15, 0.2) is 11.5 Å². The SMILES string of the molecule is COc1cc(Br)c(C(c2c(OC)cccc2OC)N2CCCC(C(=O)O)C2)cc1OC. The highest BCUT2D eigenvalue weighted by molar-refractivity contribution is 9.10. The van der Waals surface area contributed by atoms with Gasteiger partial charge in [-0.25, -0.2) is 0 Å². The summed E-state index contributed by atoms with van der Waals surface area (Å²) in [5, 5.41) is 9.66. The van der Waals surface area contributed by atoms with Gasteiger partial charge < -0.3 is 24.1 Å². The third kappa shape index (κ3) is 4.75. The highest BCUT2D eigenvalue weighted by Gasteiger charge is 2.35. The maximum atomic E-state index is 11.8. The Balaban J connectivity index is 2.23. The van der Waals surface area contributed by atoms with Crippen molar-refractivity contribution < 1.29 is 28.8 Å². The predicted octanol–water partition coefficient (Wildman–Crippen LogP) is 4.37. The molecule has 2 atom stereocenters. The van der Waals surface area contributed by atoms with Crippen LogP contribution in [-0.4, -0.2) is 57.5 Å². The van der Waals surface area contributed by atoms with Gasteiger partial charge in [-0.2, -0.15) is 0 Å². The number of likely N-dealkylation sites (tertiary alicyclic amines) is 1. The second kappa shape index (κ2) is 10.2. The van der Waals surface area contributed by atoms with E-state index in [4.69, 9.17) is 18.9 Å². The summed E-state index contributed by atoms with van der Waals surface area (Å²) >= 11 is 3.69. The third-order valence-corrected chi connectivity index (χ3v) is 6.39. The van der Waals surface area contributed by atoms with Gasteiger partial charge in [-0.3, -0.25) is 9.69 Å². The normalized spacial score (nSPS) is 17.6. The summed E-state index contributed by atoms with van der Waals surface area (Å²) in [6.07, 6.45) is 1.45. The lowest BCUT2D eigenvalue weighted by Crippen LogP contribution is -2.41. The fourth-order valence-electron chi connectivity index (χ4n) is 4.21. The smallest absolute Gasteiger partial charge is 0.307 e. The lowest BCUT2D eigenvalue weighted by molar-refractivity contribution is -0.143. The lowest BCUT2D eigenvalue weighted by Gasteiger charge is -2.39. The highest BCUT2D eigenvalue weighted by atomic mass is 79.9. The molecule has 0 aromatic heterocycles. The quantitative estimate of drug-likeness (QED) is 0.584. The minimum absolute atomic E-state index is 0.317. The first-order chi connectivity index (χ1) is 14.9. The first kappa shape index (κ1) is 23.2. The van der Waals surface area contributed by atoms with Crippen LogP contribution >= 0.6 is 15.9 Å². The molecule has 2 unspecified atom stereocenters. The van der Waals surface area contributed by atoms with E-state index < -0.39 is 11.9 Å². The zero-order valence-corrected chi connectivity index (χ0v) is 19.8. The molecule has 7 nitrogen and oxygen atoms in total. The summed E-state index contributed by atoms with van der Waals surface area (Å²) in [5.74, 6) is 1.32. The number of benzene rings is 2. The number of aliphatic carboxylic acids is 1. The van der Waals surface area contributed by atoms with E-state index >= 15 is 0 Å². The van der Waals surface area contributed by atoms with Gasteiger partial charge in [-0.15, -0.1) is 0 Å². The van der Waals surface area contributed by atoms with Crippen molar-refractivity contribution in [3.8, 4) is 23.0 Å². The Kier molecular flexibility index (Phi) is 7.67. The number of piperidine rings is 1. The van der Waals surface area contributed by atoms with E-state index in [-0.39, 0.29) is 6.04 Å². The van der Waals surface area contributed by atoms with Crippen molar-refractivity contribution >= 4 is 21.9 Å². The Bertz CT molecular complexity index is 912. The molecule has 31 heavy (non-hydrogen) atoms. The minimum Gasteiger partial charge on any atom is -0.496 e. The van der Waals surface area contributed by atoms with Crippen LogP contribution in [0, 0.1) is 5.92 Å². The van der Waals surface area contributed by atoms with Crippen LogP contribution in [0.1, 0.15) is 30.0 Å². The molecular formula is C23H28BrNO6. The number of methoxy groups -OCH3 is 4. The van der Waals surface area contributed by atoms with Gasteiger partial charge >= 0.3 is 5.97 Å². The monoisotopic (exact) mass is 493 g/mol. The van der Waals surface area contributed by atoms with Crippen LogP contribution in [0.4, 0.5) is 0 Å². The molecule has 1 saturated heterocycles. The predicted molar refractivity (Wildman–Crippen MR) is 121 cm³/mol. The first-order valence-corrected chi connectivity index (χ1v) is 10.8. The van der Waals surface area contributed by atoms with Gasteiger partial charge in [0, 0.05) is 11.0 Å². The Morgan fingerprint density at radius 1 is 1.03 bits per heavy atom. The summed E-state index contributed by atoms with van der Waals surface area (Å²) in [4.78, 5) is 13.9. The summed E-state index contributed by atoms with van der Waals surface area (Å²) in [6, 6.07) is 9.11. The maximum Gasteiger partial charge on any atom is 0.307 e. The van der Waals surface area contributed by atoms with Crippen molar-refractivity contribution in [1.82, 2.24) is 4.90 Å². The van der Waals surface area contributed by atoms with E-state index in [0.717, 1.165) is 28.6 Å². The zero-order chi connectivity index (χ0) is 22.5. The van der Waals surface area contributed by atoms with Gasteiger partial charge in [-0.1, -0.05) is 22.0 Å². The van der Waals surface area contributed by atoms with E-state index in [2.05, 4.69) is 20.8 Å². The summed E-state index contributed by atoms with van der Waals surface area (Å²) < 4.78 is 23.2. The largest absolute Gasteiger partial charge is 0.496 e. The molecule has 0 saturated carbocycles. The molecule has 8 heteroatoms. The molecule has 0 aliphatic carbocycles. The molecule has 1 fully saturated rings. The number of hydrogen-bond acceptors (Lipinski definition) is 6. The Labute approximate surface area is 191 Å². The third-order valence-electron chi connectivity index (χ3n) is 5.70. The fraction of sp³-hybridized carbons (Fsp3) is 0.435. The molecule has 1 aliphatic heterocycles. The van der Waals surface area contributed by atoms with Crippen LogP contribution < -0.4 is 18.9 Å². The molecule has 0 amide bonds. The van der Waals surface area contributed by atoms with Crippen molar-refractivity contribution in [1.29, 1.82) is 0 Å². The van der Waals surface area contributed by atoms with Crippen molar-refractivity contribution in [3.63, 3.8) is 0 Å². The topological polar surface area (TPSA) is 77.5 Å². The molecule has 1 heterocycles. The second-order valence-electron chi connectivity index (χ2n) is 7.38. The molecule has 0 spiro atoms. The Hall–Kier alpha value is -2.45. The molecule has 2 aromatic rings. The van der Waals surface area contributed by atoms with Crippen molar-refractivity contribution in [2.75, 3.05) is 41.5 Å². The van der Waals surface area contributed by atoms with Gasteiger partial charge in [0.2, 0.25) is 0 Å². The molecule has 0 bridgehead atoms. The van der Waals surface area contributed by atoms with Gasteiger partial charge in [0.05, 0.1) is 46.0 Å². The number of nitrogens with zero attached hydrogens (tertiary/aromatic N) is 1. The minimum atomic E-state index is -0.776. The van der Waals surface area contributed by atoms with E-state index in [9.17, 15) is 9.90 Å². The van der Waals surface area contributed by atoms with E-state index in [1.807, 2.05) is 30.3 Å². The van der Waals surface area contributed by atoms with Crippen molar-refractivity contribution in [2.45, 2.75) is 18.9 Å². The van der Waals surface area contributed by atoms with Crippen LogP contribution in [-0.2, 0) is 4.79 Å². The first-order valence-electron chi connectivity index (χ1n) is 10.0. The molecule has 0 radical (unpaired) electrons. The number of carbonyl (C=O) groups is 1. The van der Waals surface area contributed by atoms with Crippen LogP contribution in [0.2, 0.25) is 0 Å². The van der Waals surface area contributed by atoms with Gasteiger partial charge in [0.25, 0.3) is 0 Å². The number of carboxylic acids is 1. The zero-order valence-electron chi connectivity index (χ0n) is 18.2. The molecule has 2 aromatic carbocycles. The lowest BCUT2D eigenvalue weighted by atomic mass is 9.90. The molecule has 3 rings (SSSR count). The van der Waals surface area contributed by atoms with Crippen LogP contribution in [0.3, 0.4) is 0 Å². The van der Waals surface area contributed by atoms with Gasteiger partial charge in [0.1, 0.15) is 11.5 Å². The highest BCUT2D eigenvalue weighted by Crippen LogP contribution is 2.46. The van der Waals surface area contributed by atoms with E-state index in [0.29, 0.717) is 36.0 Å². The summed E-state index contributed by atoms with van der Waals surface area (Å²) in [5.41, 5.74) is 1.75. The van der Waals surface area contributed by atoms with E-state index in [1.165, 1.54) is 0 Å². The molecule has 1 aliphatic rings. The molecular weight excluding hydrogens is 466 g/mol. The van der Waals surface area contributed by atoms with Crippen LogP contribution in [0.5, 0.6) is 23.0 Å². The van der Waals surface area contributed by atoms with Crippen molar-refractivity contribution in [3.05, 3.63) is 45.9 Å². The number of halogens is 1. The number of hydrogen-bond donors (Lipinski definition) is 1. The van der Waals surface area contributed by atoms with Crippen LogP contribution in [0.15, 0.2) is 34.8 Å². The Morgan fingerprint density at radius 2 is 1.61 bits per heavy atom. The Morgan fingerprint density at radius 3 is 2.16 bits per heavy atom. The van der Waals surface area contributed by atoms with Crippen molar-refractivity contribution in [2.24, 2.45) is 5.92 Å². The van der Waals surface area contributed by atoms with Gasteiger partial charge in [-0.05, 0) is 49.2 Å².